The Hall–Kier alpha value is -1.25. The summed E-state index contributed by atoms with van der Waals surface area (Å²) in [6, 6.07) is 9.31. The average Bonchev–Trinajstić information content (AvgIpc) is 3.13. The van der Waals surface area contributed by atoms with Crippen molar-refractivity contribution in [2.75, 3.05) is 5.75 Å². The van der Waals surface area contributed by atoms with Crippen LogP contribution in [-0.4, -0.2) is 5.75 Å². The molecule has 0 saturated heterocycles. The molecule has 0 amide bonds. The van der Waals surface area contributed by atoms with E-state index in [4.69, 9.17) is 0 Å². The van der Waals surface area contributed by atoms with E-state index in [1.807, 2.05) is 11.8 Å². The molecular weight excluding hydrogens is 400 g/mol. The molecule has 0 radical (unpaired) electrons. The number of allylic oxidation sites excluding steroid dienone is 5. The van der Waals surface area contributed by atoms with Crippen LogP contribution in [0, 0.1) is 5.41 Å². The molecule has 2 aliphatic carbocycles. The Balaban J connectivity index is 1.72. The van der Waals surface area contributed by atoms with Crippen LogP contribution in [0.1, 0.15) is 49.8 Å². The minimum atomic E-state index is 0.303. The van der Waals surface area contributed by atoms with Gasteiger partial charge < -0.3 is 0 Å². The van der Waals surface area contributed by atoms with Gasteiger partial charge in [0.1, 0.15) is 0 Å². The van der Waals surface area contributed by atoms with E-state index in [9.17, 15) is 0 Å². The highest BCUT2D eigenvalue weighted by molar-refractivity contribution is 9.10. The maximum atomic E-state index is 3.82. The summed E-state index contributed by atoms with van der Waals surface area (Å²) in [6.45, 7) is 4.69. The van der Waals surface area contributed by atoms with Crippen LogP contribution in [0.2, 0.25) is 0 Å². The number of aryl methyl sites for hydroxylation is 1. The Labute approximate surface area is 168 Å². The highest BCUT2D eigenvalue weighted by atomic mass is 79.9. The molecule has 132 valence electrons. The van der Waals surface area contributed by atoms with Gasteiger partial charge in [0.25, 0.3) is 0 Å². The highest BCUT2D eigenvalue weighted by Gasteiger charge is 2.28. The Morgan fingerprint density at radius 1 is 1.04 bits per heavy atom. The Morgan fingerprint density at radius 2 is 1.88 bits per heavy atom. The van der Waals surface area contributed by atoms with Crippen LogP contribution in [-0.2, 0) is 6.42 Å². The molecule has 0 N–H and O–H groups in total. The molecule has 0 unspecified atom stereocenters. The molecule has 1 heterocycles. The summed E-state index contributed by atoms with van der Waals surface area (Å²) in [5.41, 5.74) is 7.85. The van der Waals surface area contributed by atoms with Crippen molar-refractivity contribution in [1.82, 2.24) is 0 Å². The Bertz CT molecular complexity index is 1020. The molecule has 1 aliphatic heterocycles. The summed E-state index contributed by atoms with van der Waals surface area (Å²) in [6.07, 6.45) is 11.9. The molecule has 2 aromatic carbocycles. The van der Waals surface area contributed by atoms with Crippen LogP contribution >= 0.6 is 27.7 Å². The summed E-state index contributed by atoms with van der Waals surface area (Å²) < 4.78 is 1.22. The third-order valence-corrected chi connectivity index (χ3v) is 7.71. The van der Waals surface area contributed by atoms with Crippen LogP contribution in [0.5, 0.6) is 0 Å². The second-order valence-corrected chi connectivity index (χ2v) is 10.3. The lowest BCUT2D eigenvalue weighted by Crippen LogP contribution is -2.17. The number of fused-ring (bicyclic) bond motifs is 4. The van der Waals surface area contributed by atoms with Gasteiger partial charge in [0.15, 0.2) is 0 Å². The maximum absolute atomic E-state index is 3.82. The van der Waals surface area contributed by atoms with Gasteiger partial charge in [-0.15, -0.1) is 11.8 Å². The van der Waals surface area contributed by atoms with Crippen LogP contribution in [0.15, 0.2) is 52.5 Å². The number of hydrogen-bond donors (Lipinski definition) is 0. The zero-order valence-electron chi connectivity index (χ0n) is 15.4. The van der Waals surface area contributed by atoms with Gasteiger partial charge in [0.05, 0.1) is 0 Å². The molecule has 0 saturated carbocycles. The van der Waals surface area contributed by atoms with Gasteiger partial charge in [-0.2, -0.15) is 0 Å². The molecule has 0 spiro atoms. The van der Waals surface area contributed by atoms with Crippen molar-refractivity contribution >= 4 is 48.9 Å². The van der Waals surface area contributed by atoms with Gasteiger partial charge in [-0.05, 0) is 64.6 Å². The van der Waals surface area contributed by atoms with E-state index in [1.54, 1.807) is 11.1 Å². The maximum Gasteiger partial charge on any atom is 0.0265 e. The molecule has 3 aliphatic rings. The smallest absolute Gasteiger partial charge is 0.0265 e. The van der Waals surface area contributed by atoms with Gasteiger partial charge in [0, 0.05) is 20.7 Å². The van der Waals surface area contributed by atoms with Crippen molar-refractivity contribution in [1.29, 1.82) is 0 Å². The second-order valence-electron chi connectivity index (χ2n) is 8.33. The fourth-order valence-corrected chi connectivity index (χ4v) is 6.46. The first-order valence-corrected chi connectivity index (χ1v) is 11.3. The topological polar surface area (TPSA) is 0 Å². The number of thioether (sulfide) groups is 1. The monoisotopic (exact) mass is 422 g/mol. The first kappa shape index (κ1) is 16.9. The molecule has 0 fully saturated rings. The van der Waals surface area contributed by atoms with E-state index in [0.29, 0.717) is 5.41 Å². The highest BCUT2D eigenvalue weighted by Crippen LogP contribution is 2.47. The number of benzene rings is 2. The van der Waals surface area contributed by atoms with Crippen molar-refractivity contribution in [3.05, 3.63) is 69.2 Å². The number of rotatable bonds is 1. The minimum absolute atomic E-state index is 0.303. The molecule has 0 nitrogen and oxygen atoms in total. The lowest BCUT2D eigenvalue weighted by Gasteiger charge is -2.32. The first-order valence-electron chi connectivity index (χ1n) is 9.52. The van der Waals surface area contributed by atoms with E-state index in [2.05, 4.69) is 72.3 Å². The van der Waals surface area contributed by atoms with E-state index in [1.165, 1.54) is 68.3 Å². The van der Waals surface area contributed by atoms with Crippen molar-refractivity contribution < 1.29 is 0 Å². The number of hydrogen-bond acceptors (Lipinski definition) is 1. The molecule has 2 aromatic rings. The predicted molar refractivity (Wildman–Crippen MR) is 119 cm³/mol. The SMILES string of the molecule is CC1(C)C=CC2=C(CCc3c2ccc2c(C4=CCCS4)c(Br)ccc32)C1. The standard InChI is InChI=1S/C24H23BrS/c1-24(2)12-11-16-15(14-24)5-6-18-17(16)7-8-20-19(18)9-10-21(25)23(20)22-4-3-13-26-22/h4,7-12H,3,5-6,13-14H2,1-2H3. The van der Waals surface area contributed by atoms with Gasteiger partial charge in [-0.3, -0.25) is 0 Å². The fourth-order valence-electron chi connectivity index (χ4n) is 4.72. The fraction of sp³-hybridized carbons (Fsp3) is 0.333. The zero-order valence-corrected chi connectivity index (χ0v) is 17.8. The lowest BCUT2D eigenvalue weighted by atomic mass is 9.72. The first-order chi connectivity index (χ1) is 12.5. The van der Waals surface area contributed by atoms with E-state index in [-0.39, 0.29) is 0 Å². The summed E-state index contributed by atoms with van der Waals surface area (Å²) in [5.74, 6) is 1.21. The van der Waals surface area contributed by atoms with Gasteiger partial charge >= 0.3 is 0 Å². The molecule has 26 heavy (non-hydrogen) atoms. The Morgan fingerprint density at radius 3 is 2.69 bits per heavy atom. The third kappa shape index (κ3) is 2.65. The van der Waals surface area contributed by atoms with Gasteiger partial charge in [0.2, 0.25) is 0 Å². The minimum Gasteiger partial charge on any atom is -0.125 e. The van der Waals surface area contributed by atoms with Crippen LogP contribution in [0.25, 0.3) is 21.3 Å². The molecule has 2 heteroatoms. The predicted octanol–water partition coefficient (Wildman–Crippen LogP) is 7.77. The summed E-state index contributed by atoms with van der Waals surface area (Å²) in [7, 11) is 0. The number of halogens is 1. The molecule has 0 bridgehead atoms. The summed E-state index contributed by atoms with van der Waals surface area (Å²) >= 11 is 5.81. The largest absolute Gasteiger partial charge is 0.125 e. The van der Waals surface area contributed by atoms with Crippen molar-refractivity contribution in [3.63, 3.8) is 0 Å². The second kappa shape index (κ2) is 6.14. The molecule has 0 atom stereocenters. The normalized spacial score (nSPS) is 21.0. The van der Waals surface area contributed by atoms with E-state index >= 15 is 0 Å². The van der Waals surface area contributed by atoms with E-state index in [0.717, 1.165) is 0 Å². The lowest BCUT2D eigenvalue weighted by molar-refractivity contribution is 0.463. The molecular formula is C24H23BrS. The van der Waals surface area contributed by atoms with Gasteiger partial charge in [-0.25, -0.2) is 0 Å². The quantitative estimate of drug-likeness (QED) is 0.452. The molecule has 0 aromatic heterocycles. The van der Waals surface area contributed by atoms with Crippen molar-refractivity contribution in [3.8, 4) is 0 Å². The zero-order chi connectivity index (χ0) is 17.9. The summed E-state index contributed by atoms with van der Waals surface area (Å²) in [5, 5.41) is 2.85. The molecule has 5 rings (SSSR count). The summed E-state index contributed by atoms with van der Waals surface area (Å²) in [4.78, 5) is 1.44. The Kier molecular flexibility index (Phi) is 3.99. The average molecular weight is 423 g/mol. The third-order valence-electron chi connectivity index (χ3n) is 5.93. The van der Waals surface area contributed by atoms with E-state index < -0.39 is 0 Å². The van der Waals surface area contributed by atoms with Crippen molar-refractivity contribution in [2.24, 2.45) is 5.41 Å². The van der Waals surface area contributed by atoms with Crippen LogP contribution in [0.4, 0.5) is 0 Å². The van der Waals surface area contributed by atoms with Crippen LogP contribution in [0.3, 0.4) is 0 Å². The van der Waals surface area contributed by atoms with Gasteiger partial charge in [-0.1, -0.05) is 71.8 Å². The van der Waals surface area contributed by atoms with Crippen LogP contribution < -0.4 is 0 Å². The van der Waals surface area contributed by atoms with Crippen molar-refractivity contribution in [2.45, 2.75) is 39.5 Å².